The molecule has 0 saturated carbocycles. The topological polar surface area (TPSA) is 21.3 Å². The number of rotatable bonds is 6. The van der Waals surface area contributed by atoms with Crippen LogP contribution in [-0.2, 0) is 0 Å². The molecule has 2 aromatic heterocycles. The molecule has 0 aliphatic carbocycles. The molecule has 55 heavy (non-hydrogen) atoms. The second-order valence-electron chi connectivity index (χ2n) is 14.1. The highest BCUT2D eigenvalue weighted by Crippen LogP contribution is 2.48. The maximum absolute atomic E-state index is 6.78. The molecule has 0 bridgehead atoms. The molecule has 0 saturated heterocycles. The first kappa shape index (κ1) is 31.2. The van der Waals surface area contributed by atoms with E-state index in [1.165, 1.54) is 32.7 Å². The van der Waals surface area contributed by atoms with Crippen molar-refractivity contribution in [1.82, 2.24) is 4.57 Å². The number of para-hydroxylation sites is 4. The summed E-state index contributed by atoms with van der Waals surface area (Å²) in [6, 6.07) is 74.0. The zero-order valence-corrected chi connectivity index (χ0v) is 29.9. The van der Waals surface area contributed by atoms with Crippen LogP contribution in [-0.4, -0.2) is 4.57 Å². The van der Waals surface area contributed by atoms with Crippen molar-refractivity contribution in [2.75, 3.05) is 4.90 Å². The van der Waals surface area contributed by atoms with Crippen molar-refractivity contribution < 1.29 is 4.42 Å². The summed E-state index contributed by atoms with van der Waals surface area (Å²) in [5.74, 6) is 0. The van der Waals surface area contributed by atoms with Gasteiger partial charge < -0.3 is 13.9 Å². The number of furan rings is 1. The van der Waals surface area contributed by atoms with Crippen LogP contribution in [0.1, 0.15) is 0 Å². The Morgan fingerprint density at radius 2 is 1.07 bits per heavy atom. The smallest absolute Gasteiger partial charge is 0.159 e. The molecule has 2 heterocycles. The minimum atomic E-state index is 0.854. The van der Waals surface area contributed by atoms with Crippen molar-refractivity contribution in [3.8, 4) is 27.9 Å². The Labute approximate surface area is 318 Å². The molecule has 0 aliphatic heterocycles. The Kier molecular flexibility index (Phi) is 7.17. The number of benzene rings is 9. The van der Waals surface area contributed by atoms with E-state index in [1.54, 1.807) is 0 Å². The Hall–Kier alpha value is -7.36. The Balaban J connectivity index is 1.23. The van der Waals surface area contributed by atoms with E-state index in [4.69, 9.17) is 4.42 Å². The van der Waals surface area contributed by atoms with Gasteiger partial charge in [-0.15, -0.1) is 0 Å². The van der Waals surface area contributed by atoms with Gasteiger partial charge in [0.1, 0.15) is 5.58 Å². The van der Waals surface area contributed by atoms with Gasteiger partial charge >= 0.3 is 0 Å². The first-order valence-corrected chi connectivity index (χ1v) is 18.8. The fraction of sp³-hybridized carbons (Fsp3) is 0. The molecule has 0 spiro atoms. The fourth-order valence-corrected chi connectivity index (χ4v) is 8.49. The number of hydrogen-bond acceptors (Lipinski definition) is 2. The van der Waals surface area contributed by atoms with Crippen LogP contribution in [0.4, 0.5) is 17.1 Å². The summed E-state index contributed by atoms with van der Waals surface area (Å²) in [6.07, 6.45) is 0. The predicted octanol–water partition coefficient (Wildman–Crippen LogP) is 14.6. The van der Waals surface area contributed by atoms with Crippen LogP contribution in [0.3, 0.4) is 0 Å². The summed E-state index contributed by atoms with van der Waals surface area (Å²) in [5, 5.41) is 7.02. The third kappa shape index (κ3) is 5.05. The maximum atomic E-state index is 6.78. The van der Waals surface area contributed by atoms with E-state index < -0.39 is 0 Å². The second kappa shape index (κ2) is 12.6. The molecule has 11 rings (SSSR count). The van der Waals surface area contributed by atoms with Gasteiger partial charge in [-0.25, -0.2) is 0 Å². The van der Waals surface area contributed by atoms with Gasteiger partial charge in [-0.3, -0.25) is 0 Å². The molecule has 0 N–H and O–H groups in total. The average molecular weight is 703 g/mol. The van der Waals surface area contributed by atoms with Gasteiger partial charge in [-0.1, -0.05) is 146 Å². The molecule has 3 nitrogen and oxygen atoms in total. The van der Waals surface area contributed by atoms with Crippen LogP contribution < -0.4 is 4.90 Å². The van der Waals surface area contributed by atoms with Crippen molar-refractivity contribution in [2.45, 2.75) is 0 Å². The molecule has 0 amide bonds. The van der Waals surface area contributed by atoms with Crippen LogP contribution in [0.2, 0.25) is 0 Å². The van der Waals surface area contributed by atoms with E-state index in [0.29, 0.717) is 0 Å². The zero-order valence-electron chi connectivity index (χ0n) is 29.9. The van der Waals surface area contributed by atoms with Gasteiger partial charge in [0.2, 0.25) is 0 Å². The quantitative estimate of drug-likeness (QED) is 0.172. The normalized spacial score (nSPS) is 11.6. The highest BCUT2D eigenvalue weighted by atomic mass is 16.3. The van der Waals surface area contributed by atoms with Crippen LogP contribution in [0.5, 0.6) is 0 Å². The van der Waals surface area contributed by atoms with E-state index in [1.807, 2.05) is 6.07 Å². The number of hydrogen-bond donors (Lipinski definition) is 0. The standard InChI is InChI=1S/C52H34N2O/c1-3-16-36(17-4-1)45-34-40(31-32-41(45)38-30-29-35-15-7-8-18-37(35)33-38)54(49-27-13-23-43-42-21-10-12-28-50(42)55-52(43)49)48-26-14-25-47-51(48)44-22-9-11-24-46(44)53(47)39-19-5-2-6-20-39/h1-34H. The Morgan fingerprint density at radius 3 is 1.95 bits per heavy atom. The van der Waals surface area contributed by atoms with Crippen molar-refractivity contribution in [1.29, 1.82) is 0 Å². The number of nitrogens with zero attached hydrogens (tertiary/aromatic N) is 2. The van der Waals surface area contributed by atoms with Gasteiger partial charge in [0, 0.05) is 32.9 Å². The summed E-state index contributed by atoms with van der Waals surface area (Å²) < 4.78 is 9.16. The van der Waals surface area contributed by atoms with E-state index in [-0.39, 0.29) is 0 Å². The first-order chi connectivity index (χ1) is 27.3. The van der Waals surface area contributed by atoms with Gasteiger partial charge in [0.15, 0.2) is 5.58 Å². The van der Waals surface area contributed by atoms with Gasteiger partial charge in [-0.2, -0.15) is 0 Å². The van der Waals surface area contributed by atoms with Crippen LogP contribution in [0, 0.1) is 0 Å². The average Bonchev–Trinajstić information content (AvgIpc) is 3.81. The largest absolute Gasteiger partial charge is 0.454 e. The molecule has 0 atom stereocenters. The number of aromatic nitrogens is 1. The summed E-state index contributed by atoms with van der Waals surface area (Å²) in [5.41, 5.74) is 12.9. The molecule has 0 aliphatic rings. The van der Waals surface area contributed by atoms with E-state index in [0.717, 1.165) is 66.8 Å². The minimum absolute atomic E-state index is 0.854. The lowest BCUT2D eigenvalue weighted by Crippen LogP contribution is -2.11. The Morgan fingerprint density at radius 1 is 0.400 bits per heavy atom. The molecular formula is C52H34N2O. The molecule has 0 fully saturated rings. The summed E-state index contributed by atoms with van der Waals surface area (Å²) >= 11 is 0. The van der Waals surface area contributed by atoms with Crippen LogP contribution >= 0.6 is 0 Å². The van der Waals surface area contributed by atoms with Crippen LogP contribution in [0.15, 0.2) is 211 Å². The molecule has 0 radical (unpaired) electrons. The molecule has 0 unspecified atom stereocenters. The summed E-state index contributed by atoms with van der Waals surface area (Å²) in [4.78, 5) is 2.41. The third-order valence-electron chi connectivity index (χ3n) is 11.0. The zero-order chi connectivity index (χ0) is 36.3. The van der Waals surface area contributed by atoms with E-state index >= 15 is 0 Å². The first-order valence-electron chi connectivity index (χ1n) is 18.8. The lowest BCUT2D eigenvalue weighted by atomic mass is 9.92. The van der Waals surface area contributed by atoms with Crippen LogP contribution in [0.25, 0.3) is 82.5 Å². The van der Waals surface area contributed by atoms with Gasteiger partial charge in [0.25, 0.3) is 0 Å². The van der Waals surface area contributed by atoms with Crippen molar-refractivity contribution in [3.05, 3.63) is 206 Å². The maximum Gasteiger partial charge on any atom is 0.159 e. The number of fused-ring (bicyclic) bond motifs is 7. The molecule has 258 valence electrons. The number of anilines is 3. The highest BCUT2D eigenvalue weighted by molar-refractivity contribution is 6.18. The monoisotopic (exact) mass is 702 g/mol. The van der Waals surface area contributed by atoms with Gasteiger partial charge in [-0.05, 0) is 93.7 Å². The Bertz CT molecular complexity index is 3210. The third-order valence-corrected chi connectivity index (χ3v) is 11.0. The summed E-state index contributed by atoms with van der Waals surface area (Å²) in [6.45, 7) is 0. The molecule has 3 heteroatoms. The lowest BCUT2D eigenvalue weighted by molar-refractivity contribution is 0.669. The predicted molar refractivity (Wildman–Crippen MR) is 231 cm³/mol. The molecular weight excluding hydrogens is 669 g/mol. The van der Waals surface area contributed by atoms with E-state index in [2.05, 4.69) is 210 Å². The molecule has 11 aromatic rings. The SMILES string of the molecule is c1ccc(-c2cc(N(c3cccc4c3oc3ccccc34)c3cccc4c3c3ccccc3n4-c3ccccc3)ccc2-c2ccc3ccccc3c2)cc1. The lowest BCUT2D eigenvalue weighted by Gasteiger charge is -2.28. The minimum Gasteiger partial charge on any atom is -0.454 e. The second-order valence-corrected chi connectivity index (χ2v) is 14.1. The van der Waals surface area contributed by atoms with Crippen molar-refractivity contribution in [3.63, 3.8) is 0 Å². The van der Waals surface area contributed by atoms with Gasteiger partial charge in [0.05, 0.1) is 22.4 Å². The highest BCUT2D eigenvalue weighted by Gasteiger charge is 2.25. The van der Waals surface area contributed by atoms with Crippen molar-refractivity contribution >= 4 is 71.6 Å². The van der Waals surface area contributed by atoms with Crippen molar-refractivity contribution in [2.24, 2.45) is 0 Å². The fourth-order valence-electron chi connectivity index (χ4n) is 8.49. The summed E-state index contributed by atoms with van der Waals surface area (Å²) in [7, 11) is 0. The molecule has 9 aromatic carbocycles. The van der Waals surface area contributed by atoms with E-state index in [9.17, 15) is 0 Å².